The van der Waals surface area contributed by atoms with Crippen molar-refractivity contribution in [1.29, 1.82) is 0 Å². The molecule has 0 saturated heterocycles. The molecule has 2 rings (SSSR count). The molecule has 0 unspecified atom stereocenters. The molecule has 0 fully saturated rings. The number of aromatic nitrogens is 1. The van der Waals surface area contributed by atoms with E-state index in [1.807, 2.05) is 0 Å². The number of carboxylic acid groups (broad SMARTS) is 1. The molecule has 88 valence electrons. The number of hydrogen-bond acceptors (Lipinski definition) is 4. The van der Waals surface area contributed by atoms with Gasteiger partial charge in [-0.15, -0.1) is 11.3 Å². The van der Waals surface area contributed by atoms with Gasteiger partial charge in [0.15, 0.2) is 0 Å². The fourth-order valence-corrected chi connectivity index (χ4v) is 1.94. The maximum atomic E-state index is 10.8. The van der Waals surface area contributed by atoms with E-state index in [-0.39, 0.29) is 0 Å². The largest absolute Gasteiger partial charge is 0.488 e. The van der Waals surface area contributed by atoms with Crippen molar-refractivity contribution in [2.24, 2.45) is 0 Å². The van der Waals surface area contributed by atoms with Crippen molar-refractivity contribution >= 4 is 17.3 Å². The number of ether oxygens (including phenoxy) is 1. The molecule has 0 aliphatic heterocycles. The first-order valence-corrected chi connectivity index (χ1v) is 5.89. The molecule has 0 amide bonds. The number of hydrogen-bond donors (Lipinski definition) is 1. The minimum atomic E-state index is -0.920. The fourth-order valence-electron chi connectivity index (χ4n) is 1.43. The van der Waals surface area contributed by atoms with Gasteiger partial charge in [0.05, 0.1) is 16.0 Å². The molecule has 0 aliphatic carbocycles. The molecule has 4 nitrogen and oxygen atoms in total. The van der Waals surface area contributed by atoms with Gasteiger partial charge in [-0.3, -0.25) is 4.98 Å². The standard InChI is InChI=1S/C12H11NO3S/c1-8-4-9(2-3-11(8)12(14)15)16-6-10-5-13-7-17-10/h2-5,7H,6H2,1H3,(H,14,15). The van der Waals surface area contributed by atoms with Crippen LogP contribution in [-0.4, -0.2) is 16.1 Å². The topological polar surface area (TPSA) is 59.4 Å². The minimum Gasteiger partial charge on any atom is -0.488 e. The quantitative estimate of drug-likeness (QED) is 0.905. The van der Waals surface area contributed by atoms with Crippen molar-refractivity contribution < 1.29 is 14.6 Å². The minimum absolute atomic E-state index is 0.301. The second-order valence-corrected chi connectivity index (χ2v) is 4.51. The van der Waals surface area contributed by atoms with Gasteiger partial charge in [0.25, 0.3) is 0 Å². The van der Waals surface area contributed by atoms with E-state index in [4.69, 9.17) is 9.84 Å². The van der Waals surface area contributed by atoms with Crippen molar-refractivity contribution in [2.75, 3.05) is 0 Å². The summed E-state index contributed by atoms with van der Waals surface area (Å²) in [5, 5.41) is 8.89. The summed E-state index contributed by atoms with van der Waals surface area (Å²) in [4.78, 5) is 15.8. The summed E-state index contributed by atoms with van der Waals surface area (Å²) in [7, 11) is 0. The van der Waals surface area contributed by atoms with Crippen LogP contribution in [0.25, 0.3) is 0 Å². The highest BCUT2D eigenvalue weighted by atomic mass is 32.1. The molecular formula is C12H11NO3S. The zero-order chi connectivity index (χ0) is 12.3. The van der Waals surface area contributed by atoms with Gasteiger partial charge in [0, 0.05) is 6.20 Å². The number of aryl methyl sites for hydroxylation is 1. The maximum absolute atomic E-state index is 10.8. The molecule has 17 heavy (non-hydrogen) atoms. The van der Waals surface area contributed by atoms with Gasteiger partial charge in [-0.2, -0.15) is 0 Å². The molecule has 5 heteroatoms. The summed E-state index contributed by atoms with van der Waals surface area (Å²) in [6.45, 7) is 2.21. The van der Waals surface area contributed by atoms with Crippen LogP contribution in [0, 0.1) is 6.92 Å². The smallest absolute Gasteiger partial charge is 0.335 e. The number of aromatic carboxylic acids is 1. The van der Waals surface area contributed by atoms with Crippen LogP contribution in [0.1, 0.15) is 20.8 Å². The monoisotopic (exact) mass is 249 g/mol. The van der Waals surface area contributed by atoms with Crippen LogP contribution in [-0.2, 0) is 6.61 Å². The van der Waals surface area contributed by atoms with Gasteiger partial charge in [-0.1, -0.05) is 0 Å². The van der Waals surface area contributed by atoms with Gasteiger partial charge in [-0.05, 0) is 30.7 Å². The lowest BCUT2D eigenvalue weighted by Crippen LogP contribution is -2.00. The summed E-state index contributed by atoms with van der Waals surface area (Å²) >= 11 is 1.52. The van der Waals surface area contributed by atoms with E-state index in [0.717, 1.165) is 4.88 Å². The molecule has 0 spiro atoms. The third kappa shape index (κ3) is 2.82. The van der Waals surface area contributed by atoms with Crippen LogP contribution in [0.5, 0.6) is 5.75 Å². The van der Waals surface area contributed by atoms with Crippen LogP contribution < -0.4 is 4.74 Å². The van der Waals surface area contributed by atoms with E-state index >= 15 is 0 Å². The summed E-state index contributed by atoms with van der Waals surface area (Å²) in [6.07, 6.45) is 1.75. The van der Waals surface area contributed by atoms with Crippen molar-refractivity contribution in [3.05, 3.63) is 45.9 Å². The van der Waals surface area contributed by atoms with Gasteiger partial charge < -0.3 is 9.84 Å². The van der Waals surface area contributed by atoms with Crippen LogP contribution in [0.4, 0.5) is 0 Å². The first-order valence-electron chi connectivity index (χ1n) is 5.01. The Kier molecular flexibility index (Phi) is 3.39. The van der Waals surface area contributed by atoms with Crippen LogP contribution in [0.15, 0.2) is 29.9 Å². The molecule has 0 saturated carbocycles. The SMILES string of the molecule is Cc1cc(OCc2cncs2)ccc1C(=O)O. The van der Waals surface area contributed by atoms with E-state index in [1.54, 1.807) is 36.8 Å². The number of benzene rings is 1. The lowest BCUT2D eigenvalue weighted by Gasteiger charge is -2.07. The Morgan fingerprint density at radius 3 is 2.94 bits per heavy atom. The number of thiazole rings is 1. The van der Waals surface area contributed by atoms with Crippen molar-refractivity contribution in [2.45, 2.75) is 13.5 Å². The normalized spacial score (nSPS) is 10.2. The molecule has 1 aromatic heterocycles. The number of carboxylic acids is 1. The average Bonchev–Trinajstić information content (AvgIpc) is 2.78. The van der Waals surface area contributed by atoms with Gasteiger partial charge in [0.1, 0.15) is 12.4 Å². The fraction of sp³-hybridized carbons (Fsp3) is 0.167. The van der Waals surface area contributed by atoms with E-state index in [2.05, 4.69) is 4.98 Å². The lowest BCUT2D eigenvalue weighted by atomic mass is 10.1. The Balaban J connectivity index is 2.07. The zero-order valence-electron chi connectivity index (χ0n) is 9.21. The van der Waals surface area contributed by atoms with Crippen molar-refractivity contribution in [1.82, 2.24) is 4.98 Å². The van der Waals surface area contributed by atoms with E-state index in [0.29, 0.717) is 23.5 Å². The molecule has 1 heterocycles. The second-order valence-electron chi connectivity index (χ2n) is 3.54. The van der Waals surface area contributed by atoms with E-state index in [9.17, 15) is 4.79 Å². The van der Waals surface area contributed by atoms with Crippen LogP contribution in [0.2, 0.25) is 0 Å². The van der Waals surface area contributed by atoms with Crippen molar-refractivity contribution in [3.63, 3.8) is 0 Å². The molecule has 0 bridgehead atoms. The molecular weight excluding hydrogens is 238 g/mol. The first-order chi connectivity index (χ1) is 8.16. The van der Waals surface area contributed by atoms with Gasteiger partial charge >= 0.3 is 5.97 Å². The Labute approximate surface area is 103 Å². The molecule has 0 aliphatic rings. The second kappa shape index (κ2) is 4.97. The molecule has 1 aromatic carbocycles. The van der Waals surface area contributed by atoms with E-state index < -0.39 is 5.97 Å². The molecule has 2 aromatic rings. The number of carbonyl (C=O) groups is 1. The predicted molar refractivity (Wildman–Crippen MR) is 64.6 cm³/mol. The third-order valence-corrected chi connectivity index (χ3v) is 3.05. The summed E-state index contributed by atoms with van der Waals surface area (Å²) in [6, 6.07) is 4.95. The highest BCUT2D eigenvalue weighted by Gasteiger charge is 2.07. The van der Waals surface area contributed by atoms with Crippen LogP contribution in [0.3, 0.4) is 0 Å². The van der Waals surface area contributed by atoms with E-state index in [1.165, 1.54) is 11.3 Å². The third-order valence-electron chi connectivity index (χ3n) is 2.29. The highest BCUT2D eigenvalue weighted by Crippen LogP contribution is 2.19. The predicted octanol–water partition coefficient (Wildman–Crippen LogP) is 2.73. The maximum Gasteiger partial charge on any atom is 0.335 e. The summed E-state index contributed by atoms with van der Waals surface area (Å²) in [5.41, 5.74) is 2.74. The highest BCUT2D eigenvalue weighted by molar-refractivity contribution is 7.09. The molecule has 0 radical (unpaired) electrons. The molecule has 0 atom stereocenters. The Hall–Kier alpha value is -1.88. The average molecular weight is 249 g/mol. The Morgan fingerprint density at radius 2 is 2.35 bits per heavy atom. The lowest BCUT2D eigenvalue weighted by molar-refractivity contribution is 0.0696. The van der Waals surface area contributed by atoms with Crippen molar-refractivity contribution in [3.8, 4) is 5.75 Å². The number of rotatable bonds is 4. The molecule has 1 N–H and O–H groups in total. The van der Waals surface area contributed by atoms with Gasteiger partial charge in [0.2, 0.25) is 0 Å². The Bertz CT molecular complexity index is 523. The van der Waals surface area contributed by atoms with Crippen LogP contribution >= 0.6 is 11.3 Å². The summed E-state index contributed by atoms with van der Waals surface area (Å²) < 4.78 is 5.54. The summed E-state index contributed by atoms with van der Waals surface area (Å²) in [5.74, 6) is -0.252. The first kappa shape index (κ1) is 11.6. The zero-order valence-corrected chi connectivity index (χ0v) is 10.0. The van der Waals surface area contributed by atoms with Gasteiger partial charge in [-0.25, -0.2) is 4.79 Å². The Morgan fingerprint density at radius 1 is 1.53 bits per heavy atom. The number of nitrogens with zero attached hydrogens (tertiary/aromatic N) is 1.